The number of hydrogen-bond acceptors (Lipinski definition) is 4. The van der Waals surface area contributed by atoms with E-state index in [1.807, 2.05) is 48.5 Å². The number of anilines is 1. The Kier molecular flexibility index (Phi) is 6.03. The van der Waals surface area contributed by atoms with Crippen LogP contribution in [0.15, 0.2) is 59.7 Å². The summed E-state index contributed by atoms with van der Waals surface area (Å²) in [4.78, 5) is 22.6. The summed E-state index contributed by atoms with van der Waals surface area (Å²) >= 11 is 0. The molecule has 1 amide bonds. The molecule has 0 radical (unpaired) electrons. The maximum absolute atomic E-state index is 12.1. The van der Waals surface area contributed by atoms with Gasteiger partial charge >= 0.3 is 0 Å². The van der Waals surface area contributed by atoms with Crippen LogP contribution in [-0.4, -0.2) is 54.5 Å². The number of para-hydroxylation sites is 1. The molecule has 136 valence electrons. The fraction of sp³-hybridized carbons (Fsp3) is 0.316. The lowest BCUT2D eigenvalue weighted by atomic mass is 10.3. The topological polar surface area (TPSA) is 78.9 Å². The van der Waals surface area contributed by atoms with Crippen molar-refractivity contribution < 1.29 is 9.53 Å². The maximum Gasteiger partial charge on any atom is 0.243 e. The van der Waals surface area contributed by atoms with Gasteiger partial charge in [0.25, 0.3) is 0 Å². The van der Waals surface area contributed by atoms with E-state index >= 15 is 0 Å². The minimum atomic E-state index is -0.113. The molecule has 0 aliphatic carbocycles. The summed E-state index contributed by atoms with van der Waals surface area (Å²) in [6.45, 7) is 1.68. The van der Waals surface area contributed by atoms with Crippen LogP contribution in [0.5, 0.6) is 5.88 Å². The van der Waals surface area contributed by atoms with E-state index in [-0.39, 0.29) is 18.6 Å². The highest BCUT2D eigenvalue weighted by Crippen LogP contribution is 2.16. The van der Waals surface area contributed by atoms with Gasteiger partial charge in [-0.2, -0.15) is 0 Å². The lowest BCUT2D eigenvalue weighted by Crippen LogP contribution is -2.43. The first-order valence-corrected chi connectivity index (χ1v) is 8.63. The Labute approximate surface area is 153 Å². The summed E-state index contributed by atoms with van der Waals surface area (Å²) in [7, 11) is 1.71. The van der Waals surface area contributed by atoms with Crippen LogP contribution in [0.4, 0.5) is 5.69 Å². The number of pyridine rings is 1. The summed E-state index contributed by atoms with van der Waals surface area (Å²) in [5.41, 5.74) is 0.777. The zero-order chi connectivity index (χ0) is 18.2. The number of carbonyl (C=O) groups excluding carboxylic acids is 1. The van der Waals surface area contributed by atoms with Crippen LogP contribution < -0.4 is 15.4 Å². The molecule has 2 aromatic rings. The van der Waals surface area contributed by atoms with Crippen molar-refractivity contribution in [1.29, 1.82) is 0 Å². The van der Waals surface area contributed by atoms with Gasteiger partial charge in [-0.05, 0) is 18.2 Å². The molecule has 1 atom stereocenters. The van der Waals surface area contributed by atoms with Gasteiger partial charge in [0.2, 0.25) is 11.8 Å². The van der Waals surface area contributed by atoms with Gasteiger partial charge in [0, 0.05) is 38.0 Å². The van der Waals surface area contributed by atoms with Gasteiger partial charge in [0.15, 0.2) is 5.96 Å². The summed E-state index contributed by atoms with van der Waals surface area (Å²) < 4.78 is 5.89. The van der Waals surface area contributed by atoms with Crippen molar-refractivity contribution in [2.24, 2.45) is 4.99 Å². The quantitative estimate of drug-likeness (QED) is 0.632. The van der Waals surface area contributed by atoms with Crippen molar-refractivity contribution in [3.63, 3.8) is 0 Å². The number of carbonyl (C=O) groups is 1. The highest BCUT2D eigenvalue weighted by molar-refractivity contribution is 5.95. The molecule has 1 saturated heterocycles. The molecule has 2 heterocycles. The third kappa shape index (κ3) is 4.95. The van der Waals surface area contributed by atoms with Crippen molar-refractivity contribution >= 4 is 17.6 Å². The summed E-state index contributed by atoms with van der Waals surface area (Å²) in [5.74, 6) is 1.21. The second-order valence-electron chi connectivity index (χ2n) is 5.96. The summed E-state index contributed by atoms with van der Waals surface area (Å²) in [6.07, 6.45) is 2.66. The van der Waals surface area contributed by atoms with E-state index in [9.17, 15) is 4.79 Å². The van der Waals surface area contributed by atoms with Gasteiger partial charge in [0.1, 0.15) is 6.10 Å². The van der Waals surface area contributed by atoms with E-state index in [4.69, 9.17) is 4.74 Å². The minimum absolute atomic E-state index is 0.0570. The fourth-order valence-electron chi connectivity index (χ4n) is 2.82. The van der Waals surface area contributed by atoms with Crippen LogP contribution in [-0.2, 0) is 4.79 Å². The Morgan fingerprint density at radius 1 is 1.27 bits per heavy atom. The number of benzene rings is 1. The van der Waals surface area contributed by atoms with Gasteiger partial charge in [-0.25, -0.2) is 4.98 Å². The number of nitrogens with zero attached hydrogens (tertiary/aromatic N) is 3. The van der Waals surface area contributed by atoms with Crippen LogP contribution in [0.25, 0.3) is 0 Å². The van der Waals surface area contributed by atoms with Crippen LogP contribution in [0.3, 0.4) is 0 Å². The second kappa shape index (κ2) is 8.84. The molecule has 1 fully saturated rings. The van der Waals surface area contributed by atoms with E-state index in [0.29, 0.717) is 18.4 Å². The molecule has 1 aliphatic rings. The molecule has 2 N–H and O–H groups in total. The first-order chi connectivity index (χ1) is 12.7. The number of nitrogens with one attached hydrogen (secondary N) is 2. The monoisotopic (exact) mass is 353 g/mol. The number of likely N-dealkylation sites (tertiary alicyclic amines) is 1. The van der Waals surface area contributed by atoms with Gasteiger partial charge in [0.05, 0.1) is 13.1 Å². The maximum atomic E-state index is 12.1. The third-order valence-corrected chi connectivity index (χ3v) is 4.05. The molecular formula is C19H23N5O2. The Morgan fingerprint density at radius 2 is 2.08 bits per heavy atom. The number of ether oxygens (including phenoxy) is 1. The molecule has 26 heavy (non-hydrogen) atoms. The average Bonchev–Trinajstić information content (AvgIpc) is 3.12. The lowest BCUT2D eigenvalue weighted by molar-refractivity contribution is -0.115. The Bertz CT molecular complexity index is 736. The largest absolute Gasteiger partial charge is 0.472 e. The number of aromatic nitrogens is 1. The van der Waals surface area contributed by atoms with Gasteiger partial charge < -0.3 is 20.3 Å². The molecule has 0 saturated carbocycles. The fourth-order valence-corrected chi connectivity index (χ4v) is 2.82. The molecular weight excluding hydrogens is 330 g/mol. The second-order valence-corrected chi connectivity index (χ2v) is 5.96. The number of hydrogen-bond donors (Lipinski definition) is 2. The van der Waals surface area contributed by atoms with Gasteiger partial charge in [-0.1, -0.05) is 24.3 Å². The predicted molar refractivity (Wildman–Crippen MR) is 101 cm³/mol. The third-order valence-electron chi connectivity index (χ3n) is 4.05. The first-order valence-electron chi connectivity index (χ1n) is 8.63. The number of rotatable bonds is 5. The minimum Gasteiger partial charge on any atom is -0.472 e. The highest BCUT2D eigenvalue weighted by Gasteiger charge is 2.26. The molecule has 0 bridgehead atoms. The highest BCUT2D eigenvalue weighted by atomic mass is 16.5. The van der Waals surface area contributed by atoms with E-state index < -0.39 is 0 Å². The van der Waals surface area contributed by atoms with Gasteiger partial charge in [-0.3, -0.25) is 9.79 Å². The molecule has 3 rings (SSSR count). The molecule has 1 aromatic carbocycles. The smallest absolute Gasteiger partial charge is 0.243 e. The molecule has 7 nitrogen and oxygen atoms in total. The normalized spacial score (nSPS) is 17.0. The van der Waals surface area contributed by atoms with E-state index in [1.54, 1.807) is 13.2 Å². The SMILES string of the molecule is CN=C(NCC(=O)Nc1ccccc1)N1CCC(Oc2ccccn2)C1. The Morgan fingerprint density at radius 3 is 2.81 bits per heavy atom. The predicted octanol–water partition coefficient (Wildman–Crippen LogP) is 1.75. The van der Waals surface area contributed by atoms with Crippen LogP contribution in [0.1, 0.15) is 6.42 Å². The molecule has 0 spiro atoms. The Hall–Kier alpha value is -3.09. The summed E-state index contributed by atoms with van der Waals surface area (Å²) in [6, 6.07) is 15.0. The van der Waals surface area contributed by atoms with Crippen LogP contribution >= 0.6 is 0 Å². The zero-order valence-corrected chi connectivity index (χ0v) is 14.8. The van der Waals surface area contributed by atoms with Crippen molar-refractivity contribution in [2.75, 3.05) is 32.0 Å². The number of aliphatic imine (C=N–C) groups is 1. The molecule has 1 aromatic heterocycles. The molecule has 1 unspecified atom stereocenters. The van der Waals surface area contributed by atoms with E-state index in [1.165, 1.54) is 0 Å². The van der Waals surface area contributed by atoms with Crippen molar-refractivity contribution in [3.05, 3.63) is 54.7 Å². The van der Waals surface area contributed by atoms with Crippen molar-refractivity contribution in [3.8, 4) is 5.88 Å². The van der Waals surface area contributed by atoms with E-state index in [2.05, 4.69) is 25.5 Å². The standard InChI is InChI=1S/C19H23N5O2/c1-20-19(22-13-17(25)23-15-7-3-2-4-8-15)24-12-10-16(14-24)26-18-9-5-6-11-21-18/h2-9,11,16H,10,12-14H2,1H3,(H,20,22)(H,23,25). The average molecular weight is 353 g/mol. The molecule has 7 heteroatoms. The van der Waals surface area contributed by atoms with Crippen molar-refractivity contribution in [1.82, 2.24) is 15.2 Å². The van der Waals surface area contributed by atoms with Crippen molar-refractivity contribution in [2.45, 2.75) is 12.5 Å². The number of amides is 1. The molecule has 1 aliphatic heterocycles. The summed E-state index contributed by atoms with van der Waals surface area (Å²) in [5, 5.41) is 5.95. The number of guanidine groups is 1. The van der Waals surface area contributed by atoms with E-state index in [0.717, 1.165) is 18.7 Å². The zero-order valence-electron chi connectivity index (χ0n) is 14.8. The van der Waals surface area contributed by atoms with Gasteiger partial charge in [-0.15, -0.1) is 0 Å². The van der Waals surface area contributed by atoms with Crippen LogP contribution in [0, 0.1) is 0 Å². The van der Waals surface area contributed by atoms with Crippen LogP contribution in [0.2, 0.25) is 0 Å². The first kappa shape index (κ1) is 17.7. The Balaban J connectivity index is 1.46. The lowest BCUT2D eigenvalue weighted by Gasteiger charge is -2.21.